The highest BCUT2D eigenvalue weighted by molar-refractivity contribution is 9.10. The third-order valence-electron chi connectivity index (χ3n) is 2.68. The third kappa shape index (κ3) is 2.18. The van der Waals surface area contributed by atoms with Crippen LogP contribution in [0, 0.1) is 6.92 Å². The van der Waals surface area contributed by atoms with Crippen LogP contribution in [0.2, 0.25) is 0 Å². The highest BCUT2D eigenvalue weighted by Gasteiger charge is 2.20. The maximum Gasteiger partial charge on any atom is 0.164 e. The Morgan fingerprint density at radius 3 is 2.81 bits per heavy atom. The van der Waals surface area contributed by atoms with Crippen LogP contribution in [0.3, 0.4) is 0 Å². The van der Waals surface area contributed by atoms with Gasteiger partial charge in [0, 0.05) is 16.1 Å². The summed E-state index contributed by atoms with van der Waals surface area (Å²) in [5.74, 6) is 1.68. The molecule has 0 amide bonds. The van der Waals surface area contributed by atoms with Crippen molar-refractivity contribution in [1.29, 1.82) is 0 Å². The lowest BCUT2D eigenvalue weighted by atomic mass is 10.00. The maximum absolute atomic E-state index is 5.86. The van der Waals surface area contributed by atoms with E-state index in [4.69, 9.17) is 15.2 Å². The van der Waals surface area contributed by atoms with E-state index in [9.17, 15) is 0 Å². The molecular weight excluding hydrogens is 270 g/mol. The average Bonchev–Trinajstić information content (AvgIpc) is 2.24. The van der Waals surface area contributed by atoms with E-state index >= 15 is 0 Å². The summed E-state index contributed by atoms with van der Waals surface area (Å²) >= 11 is 3.54. The Morgan fingerprint density at radius 2 is 2.12 bits per heavy atom. The molecule has 4 heteroatoms. The molecule has 88 valence electrons. The summed E-state index contributed by atoms with van der Waals surface area (Å²) in [4.78, 5) is 0. The first-order valence-electron chi connectivity index (χ1n) is 5.42. The van der Waals surface area contributed by atoms with Gasteiger partial charge in [-0.2, -0.15) is 0 Å². The van der Waals surface area contributed by atoms with E-state index in [1.54, 1.807) is 0 Å². The zero-order valence-corrected chi connectivity index (χ0v) is 11.1. The average molecular weight is 286 g/mol. The Morgan fingerprint density at radius 1 is 1.44 bits per heavy atom. The van der Waals surface area contributed by atoms with Gasteiger partial charge in [0.05, 0.1) is 0 Å². The molecule has 16 heavy (non-hydrogen) atoms. The van der Waals surface area contributed by atoms with Crippen LogP contribution in [0.1, 0.15) is 18.1 Å². The Hall–Kier alpha value is -0.740. The van der Waals surface area contributed by atoms with Crippen molar-refractivity contribution in [3.63, 3.8) is 0 Å². The maximum atomic E-state index is 5.86. The molecule has 0 saturated carbocycles. The number of hydrogen-bond donors (Lipinski definition) is 1. The predicted octanol–water partition coefficient (Wildman–Crippen LogP) is 2.42. The van der Waals surface area contributed by atoms with E-state index < -0.39 is 0 Å². The second kappa shape index (κ2) is 4.63. The van der Waals surface area contributed by atoms with E-state index in [-0.39, 0.29) is 6.04 Å². The molecule has 1 unspecified atom stereocenters. The topological polar surface area (TPSA) is 44.5 Å². The van der Waals surface area contributed by atoms with E-state index in [1.165, 1.54) is 5.56 Å². The fourth-order valence-corrected chi connectivity index (χ4v) is 2.33. The van der Waals surface area contributed by atoms with Crippen LogP contribution in [0.4, 0.5) is 0 Å². The lowest BCUT2D eigenvalue weighted by Gasteiger charge is -2.24. The summed E-state index contributed by atoms with van der Waals surface area (Å²) in [6.45, 7) is 5.29. The SMILES string of the molecule is Cc1c(Br)cc2c(c1CC(C)N)OCCO2. The zero-order chi connectivity index (χ0) is 11.7. The smallest absolute Gasteiger partial charge is 0.164 e. The van der Waals surface area contributed by atoms with Gasteiger partial charge in [-0.05, 0) is 31.9 Å². The minimum Gasteiger partial charge on any atom is -0.486 e. The normalized spacial score (nSPS) is 16.0. The molecule has 0 radical (unpaired) electrons. The summed E-state index contributed by atoms with van der Waals surface area (Å²) in [7, 11) is 0. The van der Waals surface area contributed by atoms with Gasteiger partial charge >= 0.3 is 0 Å². The van der Waals surface area contributed by atoms with Crippen LogP contribution in [0.15, 0.2) is 10.5 Å². The van der Waals surface area contributed by atoms with Gasteiger partial charge in [0.25, 0.3) is 0 Å². The van der Waals surface area contributed by atoms with E-state index in [0.717, 1.165) is 28.0 Å². The second-order valence-corrected chi connectivity index (χ2v) is 5.02. The van der Waals surface area contributed by atoms with Gasteiger partial charge in [0.15, 0.2) is 11.5 Å². The summed E-state index contributed by atoms with van der Waals surface area (Å²) in [6.07, 6.45) is 0.803. The van der Waals surface area contributed by atoms with Crippen LogP contribution in [-0.2, 0) is 6.42 Å². The summed E-state index contributed by atoms with van der Waals surface area (Å²) in [5, 5.41) is 0. The molecule has 0 spiro atoms. The van der Waals surface area contributed by atoms with Gasteiger partial charge in [0.1, 0.15) is 13.2 Å². The van der Waals surface area contributed by atoms with Crippen molar-refractivity contribution < 1.29 is 9.47 Å². The van der Waals surface area contributed by atoms with Gasteiger partial charge in [0.2, 0.25) is 0 Å². The van der Waals surface area contributed by atoms with Gasteiger partial charge < -0.3 is 15.2 Å². The van der Waals surface area contributed by atoms with E-state index in [0.29, 0.717) is 13.2 Å². The predicted molar refractivity (Wildman–Crippen MR) is 67.2 cm³/mol. The zero-order valence-electron chi connectivity index (χ0n) is 9.55. The van der Waals surface area contributed by atoms with Crippen LogP contribution in [-0.4, -0.2) is 19.3 Å². The van der Waals surface area contributed by atoms with Gasteiger partial charge in [-0.1, -0.05) is 15.9 Å². The molecular formula is C12H16BrNO2. The second-order valence-electron chi connectivity index (χ2n) is 4.17. The minimum absolute atomic E-state index is 0.114. The molecule has 0 aromatic heterocycles. The molecule has 1 aliphatic rings. The fourth-order valence-electron chi connectivity index (χ4n) is 1.88. The first-order valence-corrected chi connectivity index (χ1v) is 6.22. The summed E-state index contributed by atoms with van der Waals surface area (Å²) < 4.78 is 12.3. The Kier molecular flexibility index (Phi) is 3.40. The highest BCUT2D eigenvalue weighted by Crippen LogP contribution is 2.40. The van der Waals surface area contributed by atoms with Crippen molar-refractivity contribution in [2.75, 3.05) is 13.2 Å². The Bertz CT molecular complexity index is 404. The molecule has 3 nitrogen and oxygen atoms in total. The summed E-state index contributed by atoms with van der Waals surface area (Å²) in [5.41, 5.74) is 8.20. The lowest BCUT2D eigenvalue weighted by molar-refractivity contribution is 0.169. The highest BCUT2D eigenvalue weighted by atomic mass is 79.9. The molecule has 0 bridgehead atoms. The molecule has 1 aromatic carbocycles. The first kappa shape index (κ1) is 11.7. The molecule has 0 aliphatic carbocycles. The molecule has 1 heterocycles. The number of ether oxygens (including phenoxy) is 2. The number of hydrogen-bond acceptors (Lipinski definition) is 3. The van der Waals surface area contributed by atoms with E-state index in [2.05, 4.69) is 22.9 Å². The molecule has 2 N–H and O–H groups in total. The first-order chi connectivity index (χ1) is 7.59. The lowest BCUT2D eigenvalue weighted by Crippen LogP contribution is -2.22. The van der Waals surface area contributed by atoms with Crippen molar-refractivity contribution in [3.8, 4) is 11.5 Å². The molecule has 0 fully saturated rings. The van der Waals surface area contributed by atoms with Crippen LogP contribution in [0.25, 0.3) is 0 Å². The van der Waals surface area contributed by atoms with Crippen molar-refractivity contribution in [3.05, 3.63) is 21.7 Å². The van der Waals surface area contributed by atoms with Crippen molar-refractivity contribution in [1.82, 2.24) is 0 Å². The molecule has 0 saturated heterocycles. The standard InChI is InChI=1S/C12H16BrNO2/c1-7(14)5-9-8(2)10(13)6-11-12(9)16-4-3-15-11/h6-7H,3-5,14H2,1-2H3. The van der Waals surface area contributed by atoms with Crippen LogP contribution in [0.5, 0.6) is 11.5 Å². The van der Waals surface area contributed by atoms with Crippen molar-refractivity contribution in [2.24, 2.45) is 5.73 Å². The van der Waals surface area contributed by atoms with E-state index in [1.807, 2.05) is 13.0 Å². The molecule has 2 rings (SSSR count). The number of fused-ring (bicyclic) bond motifs is 1. The van der Waals surface area contributed by atoms with Gasteiger partial charge in [-0.25, -0.2) is 0 Å². The molecule has 1 aliphatic heterocycles. The minimum atomic E-state index is 0.114. The summed E-state index contributed by atoms with van der Waals surface area (Å²) in [6, 6.07) is 2.08. The van der Waals surface area contributed by atoms with Crippen LogP contribution >= 0.6 is 15.9 Å². The van der Waals surface area contributed by atoms with Gasteiger partial charge in [-0.15, -0.1) is 0 Å². The third-order valence-corrected chi connectivity index (χ3v) is 3.50. The quantitative estimate of drug-likeness (QED) is 0.908. The fraction of sp³-hybridized carbons (Fsp3) is 0.500. The van der Waals surface area contributed by atoms with Crippen molar-refractivity contribution >= 4 is 15.9 Å². The molecule has 1 aromatic rings. The Labute approximate surface area is 104 Å². The van der Waals surface area contributed by atoms with Gasteiger partial charge in [-0.3, -0.25) is 0 Å². The Balaban J connectivity index is 2.50. The number of benzene rings is 1. The number of nitrogens with two attached hydrogens (primary N) is 1. The molecule has 1 atom stereocenters. The monoisotopic (exact) mass is 285 g/mol. The number of halogens is 1. The largest absolute Gasteiger partial charge is 0.486 e. The van der Waals surface area contributed by atoms with Crippen LogP contribution < -0.4 is 15.2 Å². The number of rotatable bonds is 2. The van der Waals surface area contributed by atoms with Crippen molar-refractivity contribution in [2.45, 2.75) is 26.3 Å².